The van der Waals surface area contributed by atoms with Crippen molar-refractivity contribution in [1.29, 1.82) is 0 Å². The number of aromatic nitrogens is 2. The van der Waals surface area contributed by atoms with Crippen molar-refractivity contribution in [3.05, 3.63) is 102 Å². The number of carbonyl (C=O) groups is 1. The Morgan fingerprint density at radius 2 is 1.70 bits per heavy atom. The van der Waals surface area contributed by atoms with Crippen LogP contribution in [0.1, 0.15) is 42.6 Å². The predicted octanol–water partition coefficient (Wildman–Crippen LogP) is 6.63. The van der Waals surface area contributed by atoms with Crippen LogP contribution in [-0.4, -0.2) is 33.8 Å². The maximum Gasteiger partial charge on any atom is 0.329 e. The van der Waals surface area contributed by atoms with Crippen LogP contribution in [-0.2, 0) is 22.6 Å². The number of rotatable bonds is 14. The topological polar surface area (TPSA) is 73.6 Å². The SMILES string of the molecule is Cc1ccc(-n2c(-c3cccc(OCc4ccccc4)c3)cnc2CCCCCCOCC(=O)O)cc1. The minimum atomic E-state index is -0.924. The van der Waals surface area contributed by atoms with Crippen LogP contribution in [0.5, 0.6) is 5.75 Å². The van der Waals surface area contributed by atoms with Crippen LogP contribution in [0.25, 0.3) is 16.9 Å². The zero-order chi connectivity index (χ0) is 25.9. The lowest BCUT2D eigenvalue weighted by molar-refractivity contribution is -0.142. The molecule has 0 amide bonds. The summed E-state index contributed by atoms with van der Waals surface area (Å²) in [5, 5.41) is 8.65. The lowest BCUT2D eigenvalue weighted by atomic mass is 10.1. The highest BCUT2D eigenvalue weighted by Crippen LogP contribution is 2.29. The summed E-state index contributed by atoms with van der Waals surface area (Å²) in [5.74, 6) is 0.924. The van der Waals surface area contributed by atoms with E-state index in [1.807, 2.05) is 36.5 Å². The largest absolute Gasteiger partial charge is 0.489 e. The first-order valence-electron chi connectivity index (χ1n) is 12.8. The van der Waals surface area contributed by atoms with Gasteiger partial charge in [-0.3, -0.25) is 4.57 Å². The molecule has 0 bridgehead atoms. The van der Waals surface area contributed by atoms with Crippen molar-refractivity contribution in [3.63, 3.8) is 0 Å². The highest BCUT2D eigenvalue weighted by molar-refractivity contribution is 5.68. The smallest absolute Gasteiger partial charge is 0.329 e. The molecule has 0 spiro atoms. The van der Waals surface area contributed by atoms with Crippen LogP contribution < -0.4 is 4.74 Å². The van der Waals surface area contributed by atoms with E-state index in [0.29, 0.717) is 13.2 Å². The predicted molar refractivity (Wildman–Crippen MR) is 145 cm³/mol. The number of carboxylic acid groups (broad SMARTS) is 1. The Morgan fingerprint density at radius 1 is 0.919 bits per heavy atom. The van der Waals surface area contributed by atoms with E-state index in [-0.39, 0.29) is 6.61 Å². The maximum absolute atomic E-state index is 10.5. The zero-order valence-electron chi connectivity index (χ0n) is 21.3. The molecule has 37 heavy (non-hydrogen) atoms. The number of aliphatic carboxylic acids is 1. The number of unbranched alkanes of at least 4 members (excludes halogenated alkanes) is 3. The number of nitrogens with zero attached hydrogens (tertiary/aromatic N) is 2. The van der Waals surface area contributed by atoms with Crippen molar-refractivity contribution >= 4 is 5.97 Å². The number of hydrogen-bond acceptors (Lipinski definition) is 4. The fourth-order valence-electron chi connectivity index (χ4n) is 4.24. The molecule has 6 nitrogen and oxygen atoms in total. The van der Waals surface area contributed by atoms with E-state index in [9.17, 15) is 4.79 Å². The summed E-state index contributed by atoms with van der Waals surface area (Å²) in [7, 11) is 0. The Morgan fingerprint density at radius 3 is 2.49 bits per heavy atom. The molecule has 0 saturated heterocycles. The molecule has 6 heteroatoms. The van der Waals surface area contributed by atoms with E-state index < -0.39 is 5.97 Å². The summed E-state index contributed by atoms with van der Waals surface area (Å²) in [4.78, 5) is 15.3. The summed E-state index contributed by atoms with van der Waals surface area (Å²) in [6.07, 6.45) is 6.70. The average Bonchev–Trinajstić information content (AvgIpc) is 3.34. The van der Waals surface area contributed by atoms with Crippen molar-refractivity contribution in [2.24, 2.45) is 0 Å². The number of ether oxygens (including phenoxy) is 2. The van der Waals surface area contributed by atoms with Gasteiger partial charge in [0.1, 0.15) is 24.8 Å². The van der Waals surface area contributed by atoms with E-state index in [1.165, 1.54) is 5.56 Å². The maximum atomic E-state index is 10.5. The van der Waals surface area contributed by atoms with Gasteiger partial charge in [-0.15, -0.1) is 0 Å². The molecule has 0 radical (unpaired) electrons. The average molecular weight is 499 g/mol. The van der Waals surface area contributed by atoms with E-state index in [2.05, 4.69) is 60.0 Å². The van der Waals surface area contributed by atoms with Crippen LogP contribution in [0.4, 0.5) is 0 Å². The highest BCUT2D eigenvalue weighted by atomic mass is 16.5. The van der Waals surface area contributed by atoms with Gasteiger partial charge < -0.3 is 14.6 Å². The van der Waals surface area contributed by atoms with Gasteiger partial charge in [-0.1, -0.05) is 73.0 Å². The third kappa shape index (κ3) is 7.79. The summed E-state index contributed by atoms with van der Waals surface area (Å²) in [6, 6.07) is 26.9. The number of aryl methyl sites for hydroxylation is 2. The number of hydrogen-bond donors (Lipinski definition) is 1. The molecule has 1 aromatic heterocycles. The molecule has 0 aliphatic rings. The van der Waals surface area contributed by atoms with E-state index in [4.69, 9.17) is 19.6 Å². The second-order valence-electron chi connectivity index (χ2n) is 9.14. The Labute approximate surface area is 218 Å². The molecule has 0 unspecified atom stereocenters. The molecule has 192 valence electrons. The number of imidazole rings is 1. The summed E-state index contributed by atoms with van der Waals surface area (Å²) in [6.45, 7) is 2.87. The molecular weight excluding hydrogens is 464 g/mol. The minimum Gasteiger partial charge on any atom is -0.489 e. The molecule has 0 fully saturated rings. The Bertz CT molecular complexity index is 1270. The summed E-state index contributed by atoms with van der Waals surface area (Å²) >= 11 is 0. The molecule has 0 aliphatic carbocycles. The van der Waals surface area contributed by atoms with E-state index >= 15 is 0 Å². The van der Waals surface area contributed by atoms with Gasteiger partial charge in [0.2, 0.25) is 0 Å². The fraction of sp³-hybridized carbons (Fsp3) is 0.290. The van der Waals surface area contributed by atoms with Crippen LogP contribution in [0.15, 0.2) is 85.1 Å². The number of benzene rings is 3. The van der Waals surface area contributed by atoms with Crippen LogP contribution in [0.3, 0.4) is 0 Å². The standard InChI is InChI=1S/C31H34N2O4/c1-24-15-17-27(18-16-24)33-29(21-32-30(33)14-7-2-3-8-19-36-23-31(34)35)26-12-9-13-28(20-26)37-22-25-10-5-4-6-11-25/h4-6,9-13,15-18,20-21H,2-3,7-8,14,19,22-23H2,1H3,(H,34,35). The molecule has 4 rings (SSSR count). The fourth-order valence-corrected chi connectivity index (χ4v) is 4.24. The van der Waals surface area contributed by atoms with Crippen LogP contribution in [0.2, 0.25) is 0 Å². The van der Waals surface area contributed by atoms with Crippen LogP contribution >= 0.6 is 0 Å². The van der Waals surface area contributed by atoms with Crippen molar-refractivity contribution in [1.82, 2.24) is 9.55 Å². The Balaban J connectivity index is 1.46. The monoisotopic (exact) mass is 498 g/mol. The molecule has 0 aliphatic heterocycles. The van der Waals surface area contributed by atoms with Crippen molar-refractivity contribution in [3.8, 4) is 22.7 Å². The quantitative estimate of drug-likeness (QED) is 0.198. The lowest BCUT2D eigenvalue weighted by Gasteiger charge is -2.14. The van der Waals surface area contributed by atoms with Crippen molar-refractivity contribution in [2.45, 2.75) is 45.6 Å². The van der Waals surface area contributed by atoms with E-state index in [1.54, 1.807) is 0 Å². The third-order valence-corrected chi connectivity index (χ3v) is 6.17. The summed E-state index contributed by atoms with van der Waals surface area (Å²) in [5.41, 5.74) is 5.53. The first-order valence-corrected chi connectivity index (χ1v) is 12.8. The molecule has 1 heterocycles. The number of carboxylic acids is 1. The zero-order valence-corrected chi connectivity index (χ0v) is 21.3. The van der Waals surface area contributed by atoms with Gasteiger partial charge >= 0.3 is 5.97 Å². The minimum absolute atomic E-state index is 0.227. The van der Waals surface area contributed by atoms with Gasteiger partial charge in [0.05, 0.1) is 11.9 Å². The first kappa shape index (κ1) is 26.2. The molecular formula is C31H34N2O4. The first-order chi connectivity index (χ1) is 18.1. The third-order valence-electron chi connectivity index (χ3n) is 6.17. The Hall–Kier alpha value is -3.90. The van der Waals surface area contributed by atoms with Gasteiger partial charge in [-0.25, -0.2) is 9.78 Å². The molecule has 3 aromatic carbocycles. The summed E-state index contributed by atoms with van der Waals surface area (Å²) < 4.78 is 13.4. The second-order valence-corrected chi connectivity index (χ2v) is 9.14. The normalized spacial score (nSPS) is 10.9. The van der Waals surface area contributed by atoms with E-state index in [0.717, 1.165) is 66.2 Å². The molecule has 4 aromatic rings. The van der Waals surface area contributed by atoms with Crippen molar-refractivity contribution in [2.75, 3.05) is 13.2 Å². The highest BCUT2D eigenvalue weighted by Gasteiger charge is 2.14. The van der Waals surface area contributed by atoms with Gasteiger partial charge in [0.25, 0.3) is 0 Å². The molecule has 1 N–H and O–H groups in total. The van der Waals surface area contributed by atoms with Gasteiger partial charge in [0.15, 0.2) is 0 Å². The Kier molecular flexibility index (Phi) is 9.49. The van der Waals surface area contributed by atoms with Gasteiger partial charge in [-0.05, 0) is 49.6 Å². The van der Waals surface area contributed by atoms with Gasteiger partial charge in [-0.2, -0.15) is 0 Å². The van der Waals surface area contributed by atoms with Crippen molar-refractivity contribution < 1.29 is 19.4 Å². The van der Waals surface area contributed by atoms with Gasteiger partial charge in [0, 0.05) is 24.3 Å². The lowest BCUT2D eigenvalue weighted by Crippen LogP contribution is -2.07. The molecule has 0 atom stereocenters. The molecule has 0 saturated carbocycles. The second kappa shape index (κ2) is 13.4. The van der Waals surface area contributed by atoms with Crippen LogP contribution in [0, 0.1) is 6.92 Å².